The SMILES string of the molecule is O=C(c1ccc(Cl)cc1Cl)N1C2CCC1CC(Br)C2. The Morgan fingerprint density at radius 2 is 1.84 bits per heavy atom. The normalized spacial score (nSPS) is 29.6. The molecule has 2 unspecified atom stereocenters. The Balaban J connectivity index is 1.88. The molecule has 2 fully saturated rings. The first-order chi connectivity index (χ1) is 9.06. The number of piperidine rings is 1. The topological polar surface area (TPSA) is 20.3 Å². The van der Waals surface area contributed by atoms with Crippen molar-refractivity contribution in [1.29, 1.82) is 0 Å². The van der Waals surface area contributed by atoms with Crippen molar-refractivity contribution in [3.05, 3.63) is 33.8 Å². The van der Waals surface area contributed by atoms with E-state index in [1.165, 1.54) is 0 Å². The van der Waals surface area contributed by atoms with Gasteiger partial charge < -0.3 is 4.90 Å². The van der Waals surface area contributed by atoms with E-state index in [9.17, 15) is 4.79 Å². The molecule has 3 rings (SSSR count). The zero-order valence-corrected chi connectivity index (χ0v) is 13.4. The fraction of sp³-hybridized carbons (Fsp3) is 0.500. The average Bonchev–Trinajstić information content (AvgIpc) is 2.61. The van der Waals surface area contributed by atoms with Crippen molar-refractivity contribution in [2.45, 2.75) is 42.6 Å². The molecule has 2 aliphatic heterocycles. The van der Waals surface area contributed by atoms with E-state index < -0.39 is 0 Å². The van der Waals surface area contributed by atoms with Crippen molar-refractivity contribution >= 4 is 45.0 Å². The van der Waals surface area contributed by atoms with E-state index in [2.05, 4.69) is 15.9 Å². The van der Waals surface area contributed by atoms with Crippen molar-refractivity contribution in [2.24, 2.45) is 0 Å². The fourth-order valence-corrected chi connectivity index (χ4v) is 4.60. The standard InChI is InChI=1S/C14H14BrCl2NO/c15-8-5-10-2-3-11(6-8)18(10)14(19)12-4-1-9(16)7-13(12)17/h1,4,7-8,10-11H,2-3,5-6H2. The first kappa shape index (κ1) is 13.7. The summed E-state index contributed by atoms with van der Waals surface area (Å²) >= 11 is 15.7. The predicted octanol–water partition coefficient (Wildman–Crippen LogP) is 4.52. The van der Waals surface area contributed by atoms with Crippen LogP contribution in [0.3, 0.4) is 0 Å². The monoisotopic (exact) mass is 361 g/mol. The molecule has 0 spiro atoms. The van der Waals surface area contributed by atoms with Gasteiger partial charge in [-0.3, -0.25) is 4.79 Å². The second kappa shape index (κ2) is 5.27. The number of halogens is 3. The van der Waals surface area contributed by atoms with Crippen LogP contribution in [0.1, 0.15) is 36.0 Å². The molecule has 1 amide bonds. The molecule has 0 saturated carbocycles. The van der Waals surface area contributed by atoms with Gasteiger partial charge in [0, 0.05) is 21.9 Å². The summed E-state index contributed by atoms with van der Waals surface area (Å²) in [6.45, 7) is 0. The van der Waals surface area contributed by atoms with E-state index in [1.807, 2.05) is 4.90 Å². The highest BCUT2D eigenvalue weighted by Crippen LogP contribution is 2.40. The van der Waals surface area contributed by atoms with Gasteiger partial charge in [-0.05, 0) is 43.9 Å². The van der Waals surface area contributed by atoms with Crippen LogP contribution in [0.15, 0.2) is 18.2 Å². The maximum absolute atomic E-state index is 12.7. The summed E-state index contributed by atoms with van der Waals surface area (Å²) in [6, 6.07) is 5.78. The molecular formula is C14H14BrCl2NO. The predicted molar refractivity (Wildman–Crippen MR) is 81.4 cm³/mol. The minimum absolute atomic E-state index is 0.0496. The molecule has 2 saturated heterocycles. The lowest BCUT2D eigenvalue weighted by atomic mass is 10.0. The van der Waals surface area contributed by atoms with E-state index in [0.717, 1.165) is 25.7 Å². The van der Waals surface area contributed by atoms with E-state index in [0.29, 0.717) is 32.5 Å². The number of fused-ring (bicyclic) bond motifs is 2. The molecule has 2 bridgehead atoms. The van der Waals surface area contributed by atoms with Gasteiger partial charge in [0.15, 0.2) is 0 Å². The molecule has 0 aliphatic carbocycles. The average molecular weight is 363 g/mol. The van der Waals surface area contributed by atoms with E-state index in [1.54, 1.807) is 18.2 Å². The van der Waals surface area contributed by atoms with Gasteiger partial charge in [0.25, 0.3) is 5.91 Å². The quantitative estimate of drug-likeness (QED) is 0.672. The zero-order chi connectivity index (χ0) is 13.6. The lowest BCUT2D eigenvalue weighted by Crippen LogP contribution is -2.46. The van der Waals surface area contributed by atoms with Crippen LogP contribution in [-0.4, -0.2) is 27.7 Å². The third-order valence-corrected chi connectivity index (χ3v) is 5.37. The first-order valence-corrected chi connectivity index (χ1v) is 8.15. The molecule has 2 atom stereocenters. The highest BCUT2D eigenvalue weighted by Gasteiger charge is 2.43. The van der Waals surface area contributed by atoms with Crippen LogP contribution in [0.2, 0.25) is 10.0 Å². The third-order valence-electron chi connectivity index (χ3n) is 4.07. The molecule has 1 aromatic rings. The Bertz CT molecular complexity index is 508. The maximum Gasteiger partial charge on any atom is 0.255 e. The second-order valence-electron chi connectivity index (χ2n) is 5.29. The minimum atomic E-state index is 0.0496. The Kier molecular flexibility index (Phi) is 3.80. The van der Waals surface area contributed by atoms with Crippen LogP contribution >= 0.6 is 39.1 Å². The Morgan fingerprint density at radius 1 is 1.21 bits per heavy atom. The van der Waals surface area contributed by atoms with Crippen LogP contribution < -0.4 is 0 Å². The van der Waals surface area contributed by atoms with Crippen LogP contribution in [0.25, 0.3) is 0 Å². The van der Waals surface area contributed by atoms with Gasteiger partial charge in [-0.2, -0.15) is 0 Å². The largest absolute Gasteiger partial charge is 0.333 e. The zero-order valence-electron chi connectivity index (χ0n) is 10.3. The van der Waals surface area contributed by atoms with Gasteiger partial charge in [0.2, 0.25) is 0 Å². The molecule has 2 nitrogen and oxygen atoms in total. The second-order valence-corrected chi connectivity index (χ2v) is 7.43. The molecule has 0 N–H and O–H groups in total. The summed E-state index contributed by atoms with van der Waals surface area (Å²) in [5.41, 5.74) is 0.566. The number of carbonyl (C=O) groups excluding carboxylic acids is 1. The van der Waals surface area contributed by atoms with Crippen molar-refractivity contribution in [1.82, 2.24) is 4.90 Å². The van der Waals surface area contributed by atoms with Gasteiger partial charge >= 0.3 is 0 Å². The molecule has 19 heavy (non-hydrogen) atoms. The van der Waals surface area contributed by atoms with Crippen molar-refractivity contribution in [3.63, 3.8) is 0 Å². The molecule has 1 aromatic carbocycles. The fourth-order valence-electron chi connectivity index (χ4n) is 3.24. The summed E-state index contributed by atoms with van der Waals surface area (Å²) in [7, 11) is 0. The van der Waals surface area contributed by atoms with Crippen molar-refractivity contribution in [2.75, 3.05) is 0 Å². The van der Waals surface area contributed by atoms with Crippen molar-refractivity contribution < 1.29 is 4.79 Å². The van der Waals surface area contributed by atoms with E-state index in [-0.39, 0.29) is 5.91 Å². The number of alkyl halides is 1. The summed E-state index contributed by atoms with van der Waals surface area (Å²) < 4.78 is 0. The number of rotatable bonds is 1. The molecule has 102 valence electrons. The molecule has 0 radical (unpaired) electrons. The number of carbonyl (C=O) groups is 1. The molecule has 5 heteroatoms. The summed E-state index contributed by atoms with van der Waals surface area (Å²) in [4.78, 5) is 15.3. The summed E-state index contributed by atoms with van der Waals surface area (Å²) in [5, 5.41) is 1.00. The Labute approximate surface area is 131 Å². The highest BCUT2D eigenvalue weighted by atomic mass is 79.9. The lowest BCUT2D eigenvalue weighted by molar-refractivity contribution is 0.0603. The van der Waals surface area contributed by atoms with Gasteiger partial charge in [0.05, 0.1) is 10.6 Å². The van der Waals surface area contributed by atoms with Gasteiger partial charge in [0.1, 0.15) is 0 Å². The van der Waals surface area contributed by atoms with Crippen molar-refractivity contribution in [3.8, 4) is 0 Å². The maximum atomic E-state index is 12.7. The third kappa shape index (κ3) is 2.53. The van der Waals surface area contributed by atoms with Crippen LogP contribution in [-0.2, 0) is 0 Å². The van der Waals surface area contributed by atoms with Crippen LogP contribution in [0.4, 0.5) is 0 Å². The first-order valence-electron chi connectivity index (χ1n) is 6.48. The van der Waals surface area contributed by atoms with Crippen LogP contribution in [0, 0.1) is 0 Å². The molecule has 2 aliphatic rings. The Morgan fingerprint density at radius 3 is 2.42 bits per heavy atom. The molecular weight excluding hydrogens is 349 g/mol. The van der Waals surface area contributed by atoms with Crippen LogP contribution in [0.5, 0.6) is 0 Å². The number of hydrogen-bond donors (Lipinski definition) is 0. The minimum Gasteiger partial charge on any atom is -0.333 e. The molecule has 2 heterocycles. The number of hydrogen-bond acceptors (Lipinski definition) is 1. The smallest absolute Gasteiger partial charge is 0.255 e. The van der Waals surface area contributed by atoms with Gasteiger partial charge in [-0.15, -0.1) is 0 Å². The van der Waals surface area contributed by atoms with E-state index >= 15 is 0 Å². The number of nitrogens with zero attached hydrogens (tertiary/aromatic N) is 1. The molecule has 0 aromatic heterocycles. The number of amides is 1. The Hall–Kier alpha value is -0.250. The highest BCUT2D eigenvalue weighted by molar-refractivity contribution is 9.09. The summed E-state index contributed by atoms with van der Waals surface area (Å²) in [6.07, 6.45) is 4.27. The van der Waals surface area contributed by atoms with E-state index in [4.69, 9.17) is 23.2 Å². The van der Waals surface area contributed by atoms with Gasteiger partial charge in [-0.1, -0.05) is 39.1 Å². The van der Waals surface area contributed by atoms with Gasteiger partial charge in [-0.25, -0.2) is 0 Å². The summed E-state index contributed by atoms with van der Waals surface area (Å²) in [5.74, 6) is 0.0496. The lowest BCUT2D eigenvalue weighted by Gasteiger charge is -2.37. The number of benzene rings is 1.